The van der Waals surface area contributed by atoms with Crippen LogP contribution in [0.3, 0.4) is 0 Å². The van der Waals surface area contributed by atoms with Gasteiger partial charge in [-0.3, -0.25) is 10.8 Å². The molecule has 0 heterocycles. The number of amidine groups is 1. The minimum Gasteiger partial charge on any atom is -0.381 e. The molecule has 0 spiro atoms. The van der Waals surface area contributed by atoms with Crippen LogP contribution in [-0.2, 0) is 4.74 Å². The van der Waals surface area contributed by atoms with Crippen LogP contribution in [0.5, 0.6) is 0 Å². The largest absolute Gasteiger partial charge is 0.381 e. The van der Waals surface area contributed by atoms with Crippen molar-refractivity contribution >= 4 is 12.2 Å². The SMILES string of the molecule is C/C=C(C(=N)N(C)C=N)/C(=C/C=C\COC)CC. The van der Waals surface area contributed by atoms with Crippen molar-refractivity contribution in [1.29, 1.82) is 10.8 Å². The Morgan fingerprint density at radius 2 is 2.06 bits per heavy atom. The molecule has 0 aromatic carbocycles. The second kappa shape index (κ2) is 9.36. The van der Waals surface area contributed by atoms with E-state index in [2.05, 4.69) is 6.92 Å². The Morgan fingerprint density at radius 1 is 1.39 bits per heavy atom. The number of nitrogens with zero attached hydrogens (tertiary/aromatic N) is 1. The van der Waals surface area contributed by atoms with Crippen molar-refractivity contribution in [3.63, 3.8) is 0 Å². The zero-order valence-corrected chi connectivity index (χ0v) is 11.7. The Bertz CT molecular complexity index is 367. The third kappa shape index (κ3) is 5.10. The van der Waals surface area contributed by atoms with Gasteiger partial charge in [0.15, 0.2) is 0 Å². The fraction of sp³-hybridized carbons (Fsp3) is 0.429. The number of likely N-dealkylation sites (N-methyl/N-ethyl adjacent to an activating group) is 1. The predicted molar refractivity (Wildman–Crippen MR) is 77.4 cm³/mol. The summed E-state index contributed by atoms with van der Waals surface area (Å²) in [5.41, 5.74) is 1.93. The van der Waals surface area contributed by atoms with Crippen LogP contribution in [0.1, 0.15) is 20.3 Å². The summed E-state index contributed by atoms with van der Waals surface area (Å²) in [7, 11) is 3.35. The van der Waals surface area contributed by atoms with Gasteiger partial charge in [-0.2, -0.15) is 0 Å². The van der Waals surface area contributed by atoms with Crippen molar-refractivity contribution in [2.45, 2.75) is 20.3 Å². The van der Waals surface area contributed by atoms with E-state index in [1.807, 2.05) is 31.2 Å². The van der Waals surface area contributed by atoms with Crippen molar-refractivity contribution < 1.29 is 4.74 Å². The monoisotopic (exact) mass is 249 g/mol. The number of hydrogen-bond acceptors (Lipinski definition) is 3. The second-order valence-electron chi connectivity index (χ2n) is 3.72. The summed E-state index contributed by atoms with van der Waals surface area (Å²) in [5, 5.41) is 15.2. The van der Waals surface area contributed by atoms with Crippen LogP contribution in [0.4, 0.5) is 0 Å². The molecule has 0 aromatic heterocycles. The molecule has 0 unspecified atom stereocenters. The molecule has 0 amide bonds. The molecule has 2 N–H and O–H groups in total. The Balaban J connectivity index is 5.01. The van der Waals surface area contributed by atoms with Gasteiger partial charge in [-0.15, -0.1) is 0 Å². The molecule has 0 saturated heterocycles. The number of ether oxygens (including phenoxy) is 1. The molecule has 0 aromatic rings. The molecule has 0 aliphatic rings. The van der Waals surface area contributed by atoms with Gasteiger partial charge in [0.2, 0.25) is 0 Å². The molecule has 4 nitrogen and oxygen atoms in total. The van der Waals surface area contributed by atoms with Crippen LogP contribution < -0.4 is 0 Å². The van der Waals surface area contributed by atoms with Crippen molar-refractivity contribution in [1.82, 2.24) is 4.90 Å². The molecule has 0 fully saturated rings. The van der Waals surface area contributed by atoms with Gasteiger partial charge >= 0.3 is 0 Å². The van der Waals surface area contributed by atoms with Gasteiger partial charge in [0, 0.05) is 19.7 Å². The summed E-state index contributed by atoms with van der Waals surface area (Å²) in [6.07, 6.45) is 9.73. The van der Waals surface area contributed by atoms with Crippen molar-refractivity contribution in [2.75, 3.05) is 20.8 Å². The van der Waals surface area contributed by atoms with Gasteiger partial charge in [0.1, 0.15) is 5.84 Å². The molecule has 0 rings (SSSR count). The van der Waals surface area contributed by atoms with Crippen molar-refractivity contribution in [3.05, 3.63) is 35.5 Å². The van der Waals surface area contributed by atoms with E-state index in [0.717, 1.165) is 23.9 Å². The maximum atomic E-state index is 8.02. The van der Waals surface area contributed by atoms with Crippen LogP contribution in [-0.4, -0.2) is 37.8 Å². The molecule has 0 aliphatic carbocycles. The molecule has 100 valence electrons. The highest BCUT2D eigenvalue weighted by molar-refractivity contribution is 6.04. The molecular weight excluding hydrogens is 226 g/mol. The number of nitrogens with one attached hydrogen (secondary N) is 2. The first-order valence-electron chi connectivity index (χ1n) is 5.95. The molecule has 0 bridgehead atoms. The molecule has 0 atom stereocenters. The lowest BCUT2D eigenvalue weighted by Gasteiger charge is -2.18. The van der Waals surface area contributed by atoms with E-state index in [1.165, 1.54) is 4.90 Å². The molecule has 0 aliphatic heterocycles. The van der Waals surface area contributed by atoms with E-state index >= 15 is 0 Å². The number of methoxy groups -OCH3 is 1. The van der Waals surface area contributed by atoms with Crippen LogP contribution >= 0.6 is 0 Å². The quantitative estimate of drug-likeness (QED) is 0.414. The Hall–Kier alpha value is -1.68. The zero-order chi connectivity index (χ0) is 14.0. The Labute approximate surface area is 110 Å². The van der Waals surface area contributed by atoms with Gasteiger partial charge in [0.05, 0.1) is 12.9 Å². The lowest BCUT2D eigenvalue weighted by molar-refractivity contribution is 0.234. The van der Waals surface area contributed by atoms with Gasteiger partial charge in [-0.25, -0.2) is 0 Å². The van der Waals surface area contributed by atoms with Crippen LogP contribution in [0, 0.1) is 10.8 Å². The maximum absolute atomic E-state index is 8.02. The Morgan fingerprint density at radius 3 is 2.50 bits per heavy atom. The maximum Gasteiger partial charge on any atom is 0.132 e. The number of hydrogen-bond donors (Lipinski definition) is 2. The summed E-state index contributed by atoms with van der Waals surface area (Å²) >= 11 is 0. The third-order valence-corrected chi connectivity index (χ3v) is 2.51. The summed E-state index contributed by atoms with van der Waals surface area (Å²) in [6.45, 7) is 4.54. The first kappa shape index (κ1) is 16.3. The van der Waals surface area contributed by atoms with Crippen molar-refractivity contribution in [3.8, 4) is 0 Å². The van der Waals surface area contributed by atoms with Gasteiger partial charge in [-0.1, -0.05) is 31.2 Å². The average molecular weight is 249 g/mol. The normalized spacial score (nSPS) is 12.9. The third-order valence-electron chi connectivity index (χ3n) is 2.51. The van der Waals surface area contributed by atoms with Crippen LogP contribution in [0.2, 0.25) is 0 Å². The number of allylic oxidation sites excluding steroid dienone is 3. The van der Waals surface area contributed by atoms with Gasteiger partial charge in [0.25, 0.3) is 0 Å². The van der Waals surface area contributed by atoms with E-state index in [0.29, 0.717) is 12.4 Å². The van der Waals surface area contributed by atoms with Gasteiger partial charge < -0.3 is 9.64 Å². The molecule has 18 heavy (non-hydrogen) atoms. The highest BCUT2D eigenvalue weighted by Crippen LogP contribution is 2.16. The summed E-state index contributed by atoms with van der Waals surface area (Å²) in [6, 6.07) is 0. The Kier molecular flexibility index (Phi) is 8.49. The van der Waals surface area contributed by atoms with E-state index in [9.17, 15) is 0 Å². The molecule has 4 heteroatoms. The first-order chi connectivity index (χ1) is 8.62. The van der Waals surface area contributed by atoms with Crippen LogP contribution in [0.25, 0.3) is 0 Å². The van der Waals surface area contributed by atoms with E-state index < -0.39 is 0 Å². The topological polar surface area (TPSA) is 60.2 Å². The van der Waals surface area contributed by atoms with Crippen LogP contribution in [0.15, 0.2) is 35.5 Å². The summed E-state index contributed by atoms with van der Waals surface area (Å²) in [4.78, 5) is 1.48. The fourth-order valence-electron chi connectivity index (χ4n) is 1.46. The first-order valence-corrected chi connectivity index (χ1v) is 5.95. The lowest BCUT2D eigenvalue weighted by Crippen LogP contribution is -2.26. The summed E-state index contributed by atoms with van der Waals surface area (Å²) in [5.74, 6) is 0.334. The molecule has 0 radical (unpaired) electrons. The van der Waals surface area contributed by atoms with Crippen molar-refractivity contribution in [2.24, 2.45) is 0 Å². The lowest BCUT2D eigenvalue weighted by atomic mass is 10.0. The predicted octanol–water partition coefficient (Wildman–Crippen LogP) is 2.99. The second-order valence-corrected chi connectivity index (χ2v) is 3.72. The highest BCUT2D eigenvalue weighted by Gasteiger charge is 2.10. The van der Waals surface area contributed by atoms with E-state index in [1.54, 1.807) is 14.2 Å². The fourth-order valence-corrected chi connectivity index (χ4v) is 1.46. The minimum atomic E-state index is 0.334. The molecular formula is C14H23N3O. The summed E-state index contributed by atoms with van der Waals surface area (Å²) < 4.78 is 4.94. The highest BCUT2D eigenvalue weighted by atomic mass is 16.5. The smallest absolute Gasteiger partial charge is 0.132 e. The molecule has 0 saturated carbocycles. The van der Waals surface area contributed by atoms with E-state index in [4.69, 9.17) is 15.6 Å². The number of rotatable bonds is 7. The standard InChI is InChI=1S/C14H23N3O/c1-5-12(9-7-8-10-18-4)13(6-2)14(16)17(3)11-15/h6-9,11,15-16H,5,10H2,1-4H3/b8-7-,12-9+,13-6-,15-11?,16-14?. The zero-order valence-electron chi connectivity index (χ0n) is 11.7. The minimum absolute atomic E-state index is 0.334. The van der Waals surface area contributed by atoms with E-state index in [-0.39, 0.29) is 0 Å². The average Bonchev–Trinajstić information content (AvgIpc) is 2.40. The van der Waals surface area contributed by atoms with Gasteiger partial charge in [-0.05, 0) is 18.9 Å².